The summed E-state index contributed by atoms with van der Waals surface area (Å²) in [5, 5.41) is 20.0. The molecule has 0 aromatic heterocycles. The Morgan fingerprint density at radius 2 is 1.14 bits per heavy atom. The van der Waals surface area contributed by atoms with E-state index in [0.717, 1.165) is 0 Å². The minimum absolute atomic E-state index is 0.114. The quantitative estimate of drug-likeness (QED) is 0.455. The first-order valence-corrected chi connectivity index (χ1v) is 8.31. The molecule has 28 heavy (non-hydrogen) atoms. The number of benzene rings is 2. The van der Waals surface area contributed by atoms with Gasteiger partial charge in [0, 0.05) is 42.8 Å². The van der Waals surface area contributed by atoms with Crippen molar-refractivity contribution in [3.05, 3.63) is 60.3 Å². The van der Waals surface area contributed by atoms with Crippen LogP contribution < -0.4 is 21.3 Å². The van der Waals surface area contributed by atoms with Crippen LogP contribution in [0.2, 0.25) is 0 Å². The molecule has 0 saturated heterocycles. The molecule has 8 nitrogen and oxygen atoms in total. The van der Waals surface area contributed by atoms with E-state index in [9.17, 15) is 19.6 Å². The van der Waals surface area contributed by atoms with Gasteiger partial charge in [-0.05, 0) is 48.5 Å². The smallest absolute Gasteiger partial charge is 0.267 e. The monoisotopic (exact) mass is 377 g/mol. The fraction of sp³-hybridized carbons (Fsp3) is 0.100. The van der Waals surface area contributed by atoms with Gasteiger partial charge < -0.3 is 21.3 Å². The number of carbonyl (C=O) groups excluding carboxylic acids is 3. The maximum Gasteiger partial charge on any atom is 0.267 e. The summed E-state index contributed by atoms with van der Waals surface area (Å²) < 4.78 is 0. The molecule has 0 aliphatic heterocycles. The molecule has 3 amide bonds. The summed E-state index contributed by atoms with van der Waals surface area (Å²) in [4.78, 5) is 34.3. The molecule has 2 rings (SSSR count). The maximum absolute atomic E-state index is 12.2. The summed E-state index contributed by atoms with van der Waals surface area (Å²) in [5.74, 6) is -0.936. The van der Waals surface area contributed by atoms with Crippen LogP contribution in [0.3, 0.4) is 0 Å². The number of carbonyl (C=O) groups is 3. The molecule has 2 aromatic carbocycles. The van der Waals surface area contributed by atoms with E-state index in [4.69, 9.17) is 0 Å². The van der Waals surface area contributed by atoms with Crippen molar-refractivity contribution >= 4 is 40.5 Å². The van der Waals surface area contributed by atoms with Gasteiger partial charge in [0.25, 0.3) is 5.91 Å². The van der Waals surface area contributed by atoms with E-state index in [2.05, 4.69) is 21.3 Å². The molecule has 0 fully saturated rings. The third-order valence-corrected chi connectivity index (χ3v) is 3.42. The van der Waals surface area contributed by atoms with Crippen molar-refractivity contribution in [1.82, 2.24) is 0 Å². The van der Waals surface area contributed by atoms with Crippen LogP contribution in [0.15, 0.2) is 60.3 Å². The number of anilines is 4. The average molecular weight is 377 g/mol. The van der Waals surface area contributed by atoms with Crippen LogP contribution in [0.4, 0.5) is 22.7 Å². The Hall–Kier alpha value is -4.12. The molecule has 0 heterocycles. The van der Waals surface area contributed by atoms with E-state index < -0.39 is 5.91 Å². The van der Waals surface area contributed by atoms with Gasteiger partial charge in [-0.15, -0.1) is 0 Å². The van der Waals surface area contributed by atoms with Crippen molar-refractivity contribution in [3.8, 4) is 6.07 Å². The Bertz CT molecular complexity index is 941. The first-order chi connectivity index (χ1) is 13.4. The fourth-order valence-corrected chi connectivity index (χ4v) is 2.20. The van der Waals surface area contributed by atoms with Gasteiger partial charge in [0.15, 0.2) is 0 Å². The fourth-order valence-electron chi connectivity index (χ4n) is 2.20. The summed E-state index contributed by atoms with van der Waals surface area (Å²) in [5.41, 5.74) is 2.26. The van der Waals surface area contributed by atoms with Crippen molar-refractivity contribution in [2.24, 2.45) is 0 Å². The van der Waals surface area contributed by atoms with Crippen molar-refractivity contribution in [2.45, 2.75) is 13.8 Å². The van der Waals surface area contributed by atoms with Crippen LogP contribution >= 0.6 is 0 Å². The Morgan fingerprint density at radius 3 is 1.54 bits per heavy atom. The summed E-state index contributed by atoms with van der Waals surface area (Å²) >= 11 is 0. The number of amides is 3. The first kappa shape index (κ1) is 20.2. The van der Waals surface area contributed by atoms with Gasteiger partial charge in [0.2, 0.25) is 11.8 Å². The van der Waals surface area contributed by atoms with Crippen molar-refractivity contribution in [3.63, 3.8) is 0 Å². The lowest BCUT2D eigenvalue weighted by molar-refractivity contribution is -0.115. The molecule has 0 bridgehead atoms. The van der Waals surface area contributed by atoms with Crippen molar-refractivity contribution in [2.75, 3.05) is 21.3 Å². The van der Waals surface area contributed by atoms with Crippen LogP contribution in [0, 0.1) is 11.3 Å². The van der Waals surface area contributed by atoms with E-state index in [-0.39, 0.29) is 17.4 Å². The van der Waals surface area contributed by atoms with Crippen LogP contribution in [0.1, 0.15) is 13.8 Å². The zero-order chi connectivity index (χ0) is 20.5. The molecule has 0 aliphatic rings. The second-order valence-electron chi connectivity index (χ2n) is 5.79. The minimum Gasteiger partial charge on any atom is -0.360 e. The number of nitrogens with one attached hydrogen (secondary N) is 4. The van der Waals surface area contributed by atoms with Crippen molar-refractivity contribution < 1.29 is 14.4 Å². The number of hydrogen-bond donors (Lipinski definition) is 4. The highest BCUT2D eigenvalue weighted by molar-refractivity contribution is 6.06. The summed E-state index contributed by atoms with van der Waals surface area (Å²) in [6.07, 6.45) is 1.30. The van der Waals surface area contributed by atoms with Gasteiger partial charge >= 0.3 is 0 Å². The Morgan fingerprint density at radius 1 is 0.750 bits per heavy atom. The largest absolute Gasteiger partial charge is 0.360 e. The zero-order valence-electron chi connectivity index (χ0n) is 15.4. The summed E-state index contributed by atoms with van der Waals surface area (Å²) in [6.45, 7) is 2.82. The predicted octanol–water partition coefficient (Wildman–Crippen LogP) is 3.06. The maximum atomic E-state index is 12.2. The van der Waals surface area contributed by atoms with Gasteiger partial charge in [-0.1, -0.05) is 0 Å². The molecule has 8 heteroatoms. The molecular weight excluding hydrogens is 358 g/mol. The van der Waals surface area contributed by atoms with Crippen LogP contribution in [-0.4, -0.2) is 17.7 Å². The van der Waals surface area contributed by atoms with Gasteiger partial charge in [0.05, 0.1) is 0 Å². The average Bonchev–Trinajstić information content (AvgIpc) is 2.64. The normalized spacial score (nSPS) is 10.4. The van der Waals surface area contributed by atoms with Gasteiger partial charge in [-0.25, -0.2) is 0 Å². The van der Waals surface area contributed by atoms with E-state index in [1.807, 2.05) is 6.07 Å². The summed E-state index contributed by atoms with van der Waals surface area (Å²) in [6, 6.07) is 15.2. The molecule has 0 unspecified atom stereocenters. The van der Waals surface area contributed by atoms with Gasteiger partial charge in [0.1, 0.15) is 11.6 Å². The van der Waals surface area contributed by atoms with Crippen LogP contribution in [0.25, 0.3) is 0 Å². The molecule has 0 saturated carbocycles. The predicted molar refractivity (Wildman–Crippen MR) is 107 cm³/mol. The number of nitriles is 1. The molecule has 0 atom stereocenters. The lowest BCUT2D eigenvalue weighted by Gasteiger charge is -2.07. The Kier molecular flexibility index (Phi) is 6.88. The molecule has 0 aliphatic carbocycles. The molecular formula is C20H19N5O3. The lowest BCUT2D eigenvalue weighted by Crippen LogP contribution is -2.14. The van der Waals surface area contributed by atoms with E-state index >= 15 is 0 Å². The number of nitrogens with zero attached hydrogens (tertiary/aromatic N) is 1. The summed E-state index contributed by atoms with van der Waals surface area (Å²) in [7, 11) is 0. The molecule has 0 radical (unpaired) electrons. The minimum atomic E-state index is -0.572. The Balaban J connectivity index is 1.99. The van der Waals surface area contributed by atoms with Gasteiger partial charge in [-0.3, -0.25) is 14.4 Å². The standard InChI is InChI=1S/C20H19N5O3/c1-13(26)23-17-5-3-16(4-6-17)22-12-15(11-21)20(28)25-19-9-7-18(8-10-19)24-14(2)27/h3-10,12,22H,1-2H3,(H,23,26)(H,24,27)(H,25,28)/b15-12-. The third-order valence-electron chi connectivity index (χ3n) is 3.42. The topological polar surface area (TPSA) is 123 Å². The highest BCUT2D eigenvalue weighted by Crippen LogP contribution is 2.16. The second kappa shape index (κ2) is 9.54. The first-order valence-electron chi connectivity index (χ1n) is 8.31. The molecule has 0 spiro atoms. The highest BCUT2D eigenvalue weighted by atomic mass is 16.2. The third kappa shape index (κ3) is 6.31. The number of hydrogen-bond acceptors (Lipinski definition) is 5. The van der Waals surface area contributed by atoms with Crippen molar-refractivity contribution in [1.29, 1.82) is 5.26 Å². The Labute approximate surface area is 162 Å². The zero-order valence-corrected chi connectivity index (χ0v) is 15.4. The molecule has 2 aromatic rings. The SMILES string of the molecule is CC(=O)Nc1ccc(N/C=C(/C#N)C(=O)Nc2ccc(NC(C)=O)cc2)cc1. The lowest BCUT2D eigenvalue weighted by atomic mass is 10.2. The molecule has 4 N–H and O–H groups in total. The van der Waals surface area contributed by atoms with Crippen LogP contribution in [0.5, 0.6) is 0 Å². The second-order valence-corrected chi connectivity index (χ2v) is 5.79. The number of rotatable bonds is 6. The van der Waals surface area contributed by atoms with E-state index in [0.29, 0.717) is 22.7 Å². The van der Waals surface area contributed by atoms with Crippen LogP contribution in [-0.2, 0) is 14.4 Å². The van der Waals surface area contributed by atoms with Gasteiger partial charge in [-0.2, -0.15) is 5.26 Å². The van der Waals surface area contributed by atoms with E-state index in [1.54, 1.807) is 48.5 Å². The molecule has 142 valence electrons. The highest BCUT2D eigenvalue weighted by Gasteiger charge is 2.09. The van der Waals surface area contributed by atoms with E-state index in [1.165, 1.54) is 20.0 Å².